The summed E-state index contributed by atoms with van der Waals surface area (Å²) in [4.78, 5) is 36.8. The van der Waals surface area contributed by atoms with E-state index in [1.807, 2.05) is 12.1 Å². The second-order valence-corrected chi connectivity index (χ2v) is 10.3. The van der Waals surface area contributed by atoms with Gasteiger partial charge in [0.2, 0.25) is 6.41 Å². The fourth-order valence-corrected chi connectivity index (χ4v) is 5.72. The highest BCUT2D eigenvalue weighted by Gasteiger charge is 2.65. The van der Waals surface area contributed by atoms with Crippen molar-refractivity contribution in [1.29, 1.82) is 0 Å². The fourth-order valence-electron chi connectivity index (χ4n) is 5.72. The molecule has 1 spiro atoms. The molecule has 188 valence electrons. The first-order valence-electron chi connectivity index (χ1n) is 11.7. The number of carbonyl (C=O) groups excluding carboxylic acids is 2. The summed E-state index contributed by atoms with van der Waals surface area (Å²) in [6, 6.07) is 3.73. The lowest BCUT2D eigenvalue weighted by Crippen LogP contribution is -2.73. The zero-order chi connectivity index (χ0) is 25.1. The van der Waals surface area contributed by atoms with E-state index < -0.39 is 29.9 Å². The van der Waals surface area contributed by atoms with Gasteiger partial charge in [0.25, 0.3) is 5.91 Å². The van der Waals surface area contributed by atoms with Crippen LogP contribution in [0.4, 0.5) is 0 Å². The molecule has 5 atom stereocenters. The van der Waals surface area contributed by atoms with E-state index in [4.69, 9.17) is 16.2 Å². The van der Waals surface area contributed by atoms with Crippen LogP contribution in [0.3, 0.4) is 0 Å². The van der Waals surface area contributed by atoms with E-state index in [1.165, 1.54) is 4.90 Å². The number of aliphatic hydroxyl groups is 1. The maximum atomic E-state index is 13.4. The number of ether oxygens (including phenoxy) is 1. The minimum atomic E-state index is -1.18. The molecule has 0 radical (unpaired) electrons. The fraction of sp³-hybridized carbons (Fsp3) is 0.565. The summed E-state index contributed by atoms with van der Waals surface area (Å²) in [5.41, 5.74) is 12.5. The van der Waals surface area contributed by atoms with E-state index in [1.54, 1.807) is 18.0 Å². The van der Waals surface area contributed by atoms with Gasteiger partial charge in [-0.25, -0.2) is 9.98 Å². The molecular weight excluding hydrogens is 452 g/mol. The molecule has 0 bridgehead atoms. The van der Waals surface area contributed by atoms with Crippen molar-refractivity contribution < 1.29 is 19.4 Å². The molecule has 12 nitrogen and oxygen atoms in total. The summed E-state index contributed by atoms with van der Waals surface area (Å²) < 4.78 is 5.90. The van der Waals surface area contributed by atoms with Crippen LogP contribution in [0.5, 0.6) is 5.75 Å². The summed E-state index contributed by atoms with van der Waals surface area (Å²) in [6.45, 7) is 5.23. The topological polar surface area (TPSA) is 171 Å². The predicted molar refractivity (Wildman–Crippen MR) is 129 cm³/mol. The standard InChI is InChI=1S/C23H32N8O4/c1-22(2)7-8-35-16-12(5-4-6-13(16)22)19(34)26-15-10-31-21(25)27-14(9-30(3)11-32)17-23(31,18(15)33)29-20(24)28-17/h4-6,11,14-15,17-18,33H,7-10H2,1-3H3,(H2,25,27)(H,26,34)(H3,24,28,29)/t14-,15?,17?,18+,23?/m0/s1. The smallest absolute Gasteiger partial charge is 0.255 e. The summed E-state index contributed by atoms with van der Waals surface area (Å²) in [6.07, 6.45) is 0.437. The molecule has 7 N–H and O–H groups in total. The Labute approximate surface area is 203 Å². The first-order chi connectivity index (χ1) is 16.6. The van der Waals surface area contributed by atoms with Gasteiger partial charge in [0, 0.05) is 25.7 Å². The Hall–Kier alpha value is -3.54. The number of nitrogens with zero attached hydrogens (tertiary/aromatic N) is 4. The third-order valence-electron chi connectivity index (χ3n) is 7.59. The van der Waals surface area contributed by atoms with Gasteiger partial charge in [-0.05, 0) is 17.9 Å². The lowest BCUT2D eigenvalue weighted by molar-refractivity contribution is -0.117. The van der Waals surface area contributed by atoms with Crippen LogP contribution >= 0.6 is 0 Å². The van der Waals surface area contributed by atoms with Crippen LogP contribution in [0, 0.1) is 0 Å². The summed E-state index contributed by atoms with van der Waals surface area (Å²) >= 11 is 0. The Morgan fingerprint density at radius 1 is 1.40 bits per heavy atom. The average Bonchev–Trinajstić information content (AvgIpc) is 3.30. The lowest BCUT2D eigenvalue weighted by Gasteiger charge is -2.46. The molecule has 5 rings (SSSR count). The molecule has 12 heteroatoms. The number of amides is 2. The van der Waals surface area contributed by atoms with Crippen LogP contribution in [0.2, 0.25) is 0 Å². The molecule has 0 saturated carbocycles. The minimum Gasteiger partial charge on any atom is -0.492 e. The first-order valence-corrected chi connectivity index (χ1v) is 11.7. The number of nitrogens with one attached hydrogen (secondary N) is 2. The summed E-state index contributed by atoms with van der Waals surface area (Å²) in [7, 11) is 1.63. The number of aliphatic imine (C=N–C) groups is 2. The van der Waals surface area contributed by atoms with Crippen LogP contribution in [-0.4, -0.2) is 95.8 Å². The lowest BCUT2D eigenvalue weighted by atomic mass is 9.79. The Balaban J connectivity index is 1.43. The van der Waals surface area contributed by atoms with Crippen molar-refractivity contribution in [2.45, 2.75) is 55.6 Å². The SMILES string of the molecule is CN(C=O)C[C@@H]1N=C(N)N2CC(NC(=O)c3cccc4c3OCCC4(C)C)[C@@H](O)C23NC(N)=NC13. The molecule has 35 heavy (non-hydrogen) atoms. The number of guanidine groups is 2. The van der Waals surface area contributed by atoms with Gasteiger partial charge in [-0.2, -0.15) is 0 Å². The largest absolute Gasteiger partial charge is 0.492 e. The molecule has 0 aliphatic carbocycles. The number of hydrogen-bond donors (Lipinski definition) is 5. The number of aliphatic hydroxyl groups excluding tert-OH is 1. The highest BCUT2D eigenvalue weighted by Crippen LogP contribution is 2.42. The van der Waals surface area contributed by atoms with Crippen molar-refractivity contribution in [3.63, 3.8) is 0 Å². The Morgan fingerprint density at radius 3 is 2.91 bits per heavy atom. The maximum Gasteiger partial charge on any atom is 0.255 e. The van der Waals surface area contributed by atoms with Gasteiger partial charge in [0.15, 0.2) is 17.6 Å². The Bertz CT molecular complexity index is 1120. The van der Waals surface area contributed by atoms with Gasteiger partial charge in [-0.15, -0.1) is 0 Å². The van der Waals surface area contributed by atoms with Gasteiger partial charge in [-0.3, -0.25) is 9.59 Å². The molecule has 1 aromatic carbocycles. The molecule has 4 heterocycles. The van der Waals surface area contributed by atoms with Crippen molar-refractivity contribution in [2.24, 2.45) is 21.5 Å². The second-order valence-electron chi connectivity index (χ2n) is 10.3. The van der Waals surface area contributed by atoms with Crippen molar-refractivity contribution in [2.75, 3.05) is 26.7 Å². The highest BCUT2D eigenvalue weighted by atomic mass is 16.5. The van der Waals surface area contributed by atoms with Crippen LogP contribution in [0.25, 0.3) is 0 Å². The van der Waals surface area contributed by atoms with E-state index in [2.05, 4.69) is 34.5 Å². The zero-order valence-electron chi connectivity index (χ0n) is 20.1. The molecule has 1 saturated heterocycles. The molecule has 4 aliphatic rings. The molecule has 0 aromatic heterocycles. The highest BCUT2D eigenvalue weighted by molar-refractivity contribution is 5.98. The van der Waals surface area contributed by atoms with E-state index in [9.17, 15) is 14.7 Å². The van der Waals surface area contributed by atoms with Gasteiger partial charge >= 0.3 is 0 Å². The molecule has 1 aromatic rings. The van der Waals surface area contributed by atoms with Crippen LogP contribution in [0.15, 0.2) is 28.2 Å². The number of fused-ring (bicyclic) bond motifs is 1. The third kappa shape index (κ3) is 3.46. The molecular formula is C23H32N8O4. The van der Waals surface area contributed by atoms with Gasteiger partial charge in [0.1, 0.15) is 17.9 Å². The monoisotopic (exact) mass is 484 g/mol. The number of hydrogen-bond acceptors (Lipinski definition) is 10. The third-order valence-corrected chi connectivity index (χ3v) is 7.59. The van der Waals surface area contributed by atoms with Gasteiger partial charge in [-0.1, -0.05) is 26.0 Å². The van der Waals surface area contributed by atoms with Crippen LogP contribution < -0.4 is 26.8 Å². The maximum absolute atomic E-state index is 13.4. The number of rotatable bonds is 5. The minimum absolute atomic E-state index is 0.110. The first kappa shape index (κ1) is 23.2. The van der Waals surface area contributed by atoms with Crippen molar-refractivity contribution in [1.82, 2.24) is 20.4 Å². The number of carbonyl (C=O) groups is 2. The number of likely N-dealkylation sites (N-methyl/N-ethyl adjacent to an activating group) is 1. The Kier molecular flexibility index (Phi) is 5.31. The van der Waals surface area contributed by atoms with E-state index >= 15 is 0 Å². The normalized spacial score (nSPS) is 32.2. The quantitative estimate of drug-likeness (QED) is 0.308. The van der Waals surface area contributed by atoms with E-state index in [0.717, 1.165) is 12.0 Å². The van der Waals surface area contributed by atoms with Gasteiger partial charge < -0.3 is 41.7 Å². The number of nitrogens with two attached hydrogens (primary N) is 2. The van der Waals surface area contributed by atoms with Crippen LogP contribution in [-0.2, 0) is 10.2 Å². The molecule has 2 amide bonds. The molecule has 4 aliphatic heterocycles. The predicted octanol–water partition coefficient (Wildman–Crippen LogP) is -1.71. The van der Waals surface area contributed by atoms with E-state index in [0.29, 0.717) is 24.3 Å². The summed E-state index contributed by atoms with van der Waals surface area (Å²) in [5.74, 6) is 0.548. The summed E-state index contributed by atoms with van der Waals surface area (Å²) in [5, 5.41) is 17.6. The average molecular weight is 485 g/mol. The van der Waals surface area contributed by atoms with Gasteiger partial charge in [0.05, 0.1) is 24.3 Å². The zero-order valence-corrected chi connectivity index (χ0v) is 20.1. The van der Waals surface area contributed by atoms with Crippen molar-refractivity contribution >= 4 is 24.2 Å². The second kappa shape index (κ2) is 8.01. The van der Waals surface area contributed by atoms with E-state index in [-0.39, 0.29) is 36.3 Å². The molecule has 1 fully saturated rings. The number of benzene rings is 1. The number of para-hydroxylation sites is 1. The Morgan fingerprint density at radius 2 is 2.17 bits per heavy atom. The van der Waals surface area contributed by atoms with Crippen LogP contribution in [0.1, 0.15) is 36.2 Å². The van der Waals surface area contributed by atoms with Crippen molar-refractivity contribution in [3.8, 4) is 5.75 Å². The molecule has 3 unspecified atom stereocenters. The van der Waals surface area contributed by atoms with Crippen molar-refractivity contribution in [3.05, 3.63) is 29.3 Å².